The Balaban J connectivity index is 1.28. The number of hydrogen-bond donors (Lipinski definition) is 1. The Kier molecular flexibility index (Phi) is 6.59. The monoisotopic (exact) mass is 526 g/mol. The summed E-state index contributed by atoms with van der Waals surface area (Å²) in [5, 5.41) is 8.23. The molecule has 0 bridgehead atoms. The minimum atomic E-state index is -0.587. The number of nitrogens with one attached hydrogen (secondary N) is 1. The summed E-state index contributed by atoms with van der Waals surface area (Å²) < 4.78 is 27.1. The van der Waals surface area contributed by atoms with Gasteiger partial charge in [-0.3, -0.25) is 4.79 Å². The molecule has 2 aliphatic heterocycles. The highest BCUT2D eigenvalue weighted by Gasteiger charge is 2.30. The maximum atomic E-state index is 14.1. The van der Waals surface area contributed by atoms with Crippen LogP contribution in [0.15, 0.2) is 48.5 Å². The fourth-order valence-electron chi connectivity index (χ4n) is 5.21. The van der Waals surface area contributed by atoms with E-state index in [1.165, 1.54) is 6.07 Å². The predicted molar refractivity (Wildman–Crippen MR) is 143 cm³/mol. The zero-order valence-electron chi connectivity index (χ0n) is 21.6. The van der Waals surface area contributed by atoms with E-state index in [9.17, 15) is 9.18 Å². The quantitative estimate of drug-likeness (QED) is 0.314. The first-order valence-corrected chi connectivity index (χ1v) is 12.9. The van der Waals surface area contributed by atoms with Gasteiger partial charge in [-0.25, -0.2) is 14.5 Å². The molecule has 0 unspecified atom stereocenters. The molecule has 2 aliphatic rings. The van der Waals surface area contributed by atoms with Gasteiger partial charge in [-0.1, -0.05) is 24.1 Å². The molecule has 3 aromatic heterocycles. The molecule has 0 radical (unpaired) electrons. The van der Waals surface area contributed by atoms with E-state index in [-0.39, 0.29) is 18.0 Å². The Labute approximate surface area is 225 Å². The van der Waals surface area contributed by atoms with E-state index in [2.05, 4.69) is 27.2 Å². The van der Waals surface area contributed by atoms with E-state index >= 15 is 0 Å². The zero-order valence-corrected chi connectivity index (χ0v) is 21.6. The number of imidazole rings is 1. The summed E-state index contributed by atoms with van der Waals surface area (Å²) in [6.45, 7) is 3.57. The highest BCUT2D eigenvalue weighted by Crippen LogP contribution is 2.39. The molecule has 1 saturated heterocycles. The maximum absolute atomic E-state index is 14.1. The van der Waals surface area contributed by atoms with Crippen LogP contribution in [0.25, 0.3) is 28.3 Å². The van der Waals surface area contributed by atoms with E-state index < -0.39 is 5.95 Å². The smallest absolute Gasteiger partial charge is 0.298 e. The molecule has 1 atom stereocenters. The number of amides is 1. The molecule has 1 amide bonds. The number of hydrogen-bond acceptors (Lipinski definition) is 7. The second-order valence-electron chi connectivity index (χ2n) is 9.52. The molecule has 5 heterocycles. The van der Waals surface area contributed by atoms with Crippen molar-refractivity contribution in [3.63, 3.8) is 0 Å². The van der Waals surface area contributed by atoms with Crippen LogP contribution in [0.1, 0.15) is 31.4 Å². The van der Waals surface area contributed by atoms with Gasteiger partial charge in [-0.05, 0) is 50.0 Å². The van der Waals surface area contributed by atoms with Gasteiger partial charge < -0.3 is 19.7 Å². The topological polar surface area (TPSA) is 93.9 Å². The van der Waals surface area contributed by atoms with Gasteiger partial charge in [-0.2, -0.15) is 4.39 Å². The van der Waals surface area contributed by atoms with Gasteiger partial charge in [0.2, 0.25) is 11.8 Å². The summed E-state index contributed by atoms with van der Waals surface area (Å²) in [5.41, 5.74) is 4.05. The number of piperidine rings is 1. The second kappa shape index (κ2) is 10.3. The zero-order chi connectivity index (χ0) is 26.9. The Morgan fingerprint density at radius 2 is 2.00 bits per heavy atom. The van der Waals surface area contributed by atoms with Gasteiger partial charge in [-0.15, -0.1) is 5.10 Å². The number of nitrogens with zero attached hydrogens (tertiary/aromatic N) is 5. The Morgan fingerprint density at radius 1 is 1.15 bits per heavy atom. The molecule has 1 aromatic carbocycles. The average molecular weight is 527 g/mol. The van der Waals surface area contributed by atoms with Gasteiger partial charge >= 0.3 is 0 Å². The van der Waals surface area contributed by atoms with E-state index in [1.807, 2.05) is 23.1 Å². The number of methoxy groups -OCH3 is 1. The van der Waals surface area contributed by atoms with Crippen LogP contribution in [0.2, 0.25) is 0 Å². The van der Waals surface area contributed by atoms with Gasteiger partial charge in [0.25, 0.3) is 5.91 Å². The number of carbonyl (C=O) groups excluding carboxylic acids is 1. The number of rotatable bonds is 5. The molecule has 10 heteroatoms. The predicted octanol–water partition coefficient (Wildman–Crippen LogP) is 3.64. The number of ether oxygens (including phenoxy) is 2. The van der Waals surface area contributed by atoms with Crippen molar-refractivity contribution in [3.8, 4) is 46.1 Å². The van der Waals surface area contributed by atoms with Crippen molar-refractivity contribution in [1.29, 1.82) is 0 Å². The minimum absolute atomic E-state index is 0.0492. The molecular formula is C29H27FN6O3. The van der Waals surface area contributed by atoms with E-state index in [1.54, 1.807) is 42.8 Å². The highest BCUT2D eigenvalue weighted by molar-refractivity contribution is 5.93. The summed E-state index contributed by atoms with van der Waals surface area (Å²) in [6.07, 6.45) is 1.73. The Hall–Kier alpha value is -4.49. The summed E-state index contributed by atoms with van der Waals surface area (Å²) in [4.78, 5) is 22.8. The molecule has 1 fully saturated rings. The van der Waals surface area contributed by atoms with Crippen LogP contribution in [0.5, 0.6) is 11.6 Å². The number of likely N-dealkylation sites (tertiary alicyclic amines) is 1. The van der Waals surface area contributed by atoms with Crippen molar-refractivity contribution in [2.75, 3.05) is 26.8 Å². The minimum Gasteiger partial charge on any atom is -0.491 e. The molecule has 39 heavy (non-hydrogen) atoms. The number of fused-ring (bicyclic) bond motifs is 2. The number of halogens is 1. The summed E-state index contributed by atoms with van der Waals surface area (Å²) in [5.74, 6) is 5.79. The lowest BCUT2D eigenvalue weighted by Gasteiger charge is -2.32. The highest BCUT2D eigenvalue weighted by atomic mass is 19.1. The third-order valence-corrected chi connectivity index (χ3v) is 7.14. The van der Waals surface area contributed by atoms with Crippen molar-refractivity contribution in [3.05, 3.63) is 60.0 Å². The van der Waals surface area contributed by atoms with Crippen molar-refractivity contribution < 1.29 is 18.7 Å². The molecular weight excluding hydrogens is 499 g/mol. The standard InChI is InChI=1S/C29H27FN6O3/c1-3-5-27(37)35-14-12-19(13-15-35)31-22-17-39-23-16-18(8-9-20(22)23)28-29(21-6-4-7-24(30)32-21)36-25(33-28)10-11-26(34-36)38-2/h4,6-11,16,19,22,31H,12-15,17H2,1-2H3/t22-/m0/s1. The van der Waals surface area contributed by atoms with Crippen LogP contribution in [0.4, 0.5) is 4.39 Å². The number of aromatic nitrogens is 4. The van der Waals surface area contributed by atoms with Crippen LogP contribution >= 0.6 is 0 Å². The lowest BCUT2D eigenvalue weighted by Crippen LogP contribution is -2.45. The Morgan fingerprint density at radius 3 is 2.77 bits per heavy atom. The summed E-state index contributed by atoms with van der Waals surface area (Å²) >= 11 is 0. The van der Waals surface area contributed by atoms with E-state index in [0.717, 1.165) is 29.7 Å². The van der Waals surface area contributed by atoms with Crippen LogP contribution in [0.3, 0.4) is 0 Å². The Bertz CT molecular complexity index is 1620. The normalized spacial score (nSPS) is 16.9. The number of benzene rings is 1. The molecule has 1 N–H and O–H groups in total. The second-order valence-corrected chi connectivity index (χ2v) is 9.52. The van der Waals surface area contributed by atoms with Crippen molar-refractivity contribution >= 4 is 11.6 Å². The third-order valence-electron chi connectivity index (χ3n) is 7.14. The van der Waals surface area contributed by atoms with Crippen molar-refractivity contribution in [2.24, 2.45) is 0 Å². The van der Waals surface area contributed by atoms with E-state index in [4.69, 9.17) is 14.5 Å². The largest absolute Gasteiger partial charge is 0.491 e. The fraction of sp³-hybridized carbons (Fsp3) is 0.310. The van der Waals surface area contributed by atoms with Gasteiger partial charge in [0.05, 0.1) is 18.8 Å². The van der Waals surface area contributed by atoms with Crippen LogP contribution in [0, 0.1) is 17.8 Å². The van der Waals surface area contributed by atoms with Gasteiger partial charge in [0.1, 0.15) is 23.7 Å². The molecule has 0 saturated carbocycles. The molecule has 0 aliphatic carbocycles. The SMILES string of the molecule is CC#CC(=O)N1CCC(N[C@H]2COc3cc(-c4nc5ccc(OC)nn5c4-c4cccc(F)n4)ccc32)CC1. The van der Waals surface area contributed by atoms with Crippen molar-refractivity contribution in [1.82, 2.24) is 29.8 Å². The number of carbonyl (C=O) groups is 1. The third kappa shape index (κ3) is 4.77. The van der Waals surface area contributed by atoms with E-state index in [0.29, 0.717) is 48.3 Å². The molecule has 6 rings (SSSR count). The molecule has 0 spiro atoms. The maximum Gasteiger partial charge on any atom is 0.298 e. The summed E-state index contributed by atoms with van der Waals surface area (Å²) in [6, 6.07) is 14.5. The van der Waals surface area contributed by atoms with Crippen molar-refractivity contribution in [2.45, 2.75) is 31.8 Å². The summed E-state index contributed by atoms with van der Waals surface area (Å²) in [7, 11) is 1.54. The fourth-order valence-corrected chi connectivity index (χ4v) is 5.21. The van der Waals surface area contributed by atoms with Crippen LogP contribution < -0.4 is 14.8 Å². The van der Waals surface area contributed by atoms with Crippen LogP contribution in [-0.4, -0.2) is 63.2 Å². The first-order valence-electron chi connectivity index (χ1n) is 12.9. The van der Waals surface area contributed by atoms with Gasteiger partial charge in [0, 0.05) is 36.3 Å². The first-order chi connectivity index (χ1) is 19.0. The van der Waals surface area contributed by atoms with Gasteiger partial charge in [0.15, 0.2) is 5.65 Å². The molecule has 198 valence electrons. The molecule has 4 aromatic rings. The first kappa shape index (κ1) is 24.8. The van der Waals surface area contributed by atoms with Crippen LogP contribution in [-0.2, 0) is 4.79 Å². The number of pyridine rings is 1. The lowest BCUT2D eigenvalue weighted by molar-refractivity contribution is -0.126. The average Bonchev–Trinajstić information content (AvgIpc) is 3.54. The lowest BCUT2D eigenvalue weighted by atomic mass is 9.99. The molecule has 9 nitrogen and oxygen atoms in total.